The molecule has 0 N–H and O–H groups in total. The van der Waals surface area contributed by atoms with Crippen LogP contribution in [0, 0.1) is 20.8 Å². The molecule has 0 aliphatic carbocycles. The Morgan fingerprint density at radius 1 is 1.16 bits per heavy atom. The number of nitrogens with zero attached hydrogens (tertiary/aromatic N) is 3. The summed E-state index contributed by atoms with van der Waals surface area (Å²) in [6.45, 7) is 5.42. The van der Waals surface area contributed by atoms with Crippen molar-refractivity contribution < 1.29 is 18.5 Å². The van der Waals surface area contributed by atoms with Crippen LogP contribution in [0.4, 0.5) is 0 Å². The zero-order valence-electron chi connectivity index (χ0n) is 14.1. The molecule has 2 aromatic heterocycles. The first-order chi connectivity index (χ1) is 12.0. The molecule has 0 bridgehead atoms. The van der Waals surface area contributed by atoms with Crippen LogP contribution in [0.1, 0.15) is 39.4 Å². The highest BCUT2D eigenvalue weighted by molar-refractivity contribution is 7.98. The lowest BCUT2D eigenvalue weighted by Gasteiger charge is -2.07. The highest BCUT2D eigenvalue weighted by atomic mass is 32.2. The van der Waals surface area contributed by atoms with E-state index in [0.717, 1.165) is 16.3 Å². The monoisotopic (exact) mass is 359 g/mol. The molecule has 0 spiro atoms. The summed E-state index contributed by atoms with van der Waals surface area (Å²) in [4.78, 5) is 21.5. The molecule has 8 heteroatoms. The zero-order valence-corrected chi connectivity index (χ0v) is 14.9. The first-order valence-electron chi connectivity index (χ1n) is 7.64. The second kappa shape index (κ2) is 7.52. The van der Waals surface area contributed by atoms with E-state index >= 15 is 0 Å². The van der Waals surface area contributed by atoms with Gasteiger partial charge >= 0.3 is 5.97 Å². The van der Waals surface area contributed by atoms with E-state index in [4.69, 9.17) is 13.7 Å². The lowest BCUT2D eigenvalue weighted by molar-refractivity contribution is 0.0433. The number of esters is 1. The number of hydrogen-bond donors (Lipinski definition) is 0. The van der Waals surface area contributed by atoms with Crippen molar-refractivity contribution in [1.82, 2.24) is 15.1 Å². The van der Waals surface area contributed by atoms with Gasteiger partial charge in [-0.1, -0.05) is 17.3 Å². The topological polar surface area (TPSA) is 91.2 Å². The maximum absolute atomic E-state index is 12.4. The summed E-state index contributed by atoms with van der Waals surface area (Å²) in [6, 6.07) is 7.22. The van der Waals surface area contributed by atoms with Gasteiger partial charge < -0.3 is 13.7 Å². The molecule has 0 aliphatic heterocycles. The van der Waals surface area contributed by atoms with Crippen LogP contribution < -0.4 is 0 Å². The van der Waals surface area contributed by atoms with Crippen LogP contribution >= 0.6 is 11.8 Å². The van der Waals surface area contributed by atoms with Gasteiger partial charge in [0.05, 0.1) is 17.0 Å². The number of ether oxygens (including phenoxy) is 1. The second-order valence-corrected chi connectivity index (χ2v) is 6.36. The number of oxazole rings is 1. The molecule has 3 aromatic rings. The van der Waals surface area contributed by atoms with Crippen LogP contribution in [0.3, 0.4) is 0 Å². The molecule has 0 unspecified atom stereocenters. The minimum atomic E-state index is -0.432. The van der Waals surface area contributed by atoms with E-state index in [1.807, 2.05) is 26.0 Å². The van der Waals surface area contributed by atoms with Crippen molar-refractivity contribution in [1.29, 1.82) is 0 Å². The lowest BCUT2D eigenvalue weighted by Crippen LogP contribution is -2.07. The third kappa shape index (κ3) is 4.27. The second-order valence-electron chi connectivity index (χ2n) is 5.35. The molecule has 0 aliphatic rings. The normalized spacial score (nSPS) is 10.8. The molecule has 0 radical (unpaired) electrons. The van der Waals surface area contributed by atoms with Gasteiger partial charge in [0.2, 0.25) is 11.8 Å². The number of hydrogen-bond acceptors (Lipinski definition) is 8. The van der Waals surface area contributed by atoms with Gasteiger partial charge in [0, 0.05) is 4.90 Å². The van der Waals surface area contributed by atoms with Gasteiger partial charge in [0.25, 0.3) is 0 Å². The van der Waals surface area contributed by atoms with Crippen molar-refractivity contribution in [2.45, 2.75) is 38.0 Å². The Kier molecular flexibility index (Phi) is 5.18. The average Bonchev–Trinajstić information content (AvgIpc) is 3.16. The molecule has 3 rings (SSSR count). The van der Waals surface area contributed by atoms with Crippen LogP contribution in [0.2, 0.25) is 0 Å². The number of aromatic nitrogens is 3. The Bertz CT molecular complexity index is 868. The van der Waals surface area contributed by atoms with Crippen LogP contribution in [-0.4, -0.2) is 21.1 Å². The molecular weight excluding hydrogens is 342 g/mol. The number of benzene rings is 1. The molecular formula is C17H17N3O4S. The van der Waals surface area contributed by atoms with Gasteiger partial charge in [-0.2, -0.15) is 4.98 Å². The van der Waals surface area contributed by atoms with E-state index in [1.165, 1.54) is 11.8 Å². The fraction of sp³-hybridized carbons (Fsp3) is 0.294. The van der Waals surface area contributed by atoms with E-state index < -0.39 is 5.97 Å². The zero-order chi connectivity index (χ0) is 17.8. The van der Waals surface area contributed by atoms with Gasteiger partial charge in [0.1, 0.15) is 5.76 Å². The fourth-order valence-electron chi connectivity index (χ4n) is 2.11. The Labute approximate surface area is 148 Å². The van der Waals surface area contributed by atoms with Crippen molar-refractivity contribution in [2.75, 3.05) is 0 Å². The lowest BCUT2D eigenvalue weighted by atomic mass is 10.2. The summed E-state index contributed by atoms with van der Waals surface area (Å²) in [5.74, 6) is 2.24. The van der Waals surface area contributed by atoms with Crippen molar-refractivity contribution >= 4 is 17.7 Å². The Balaban J connectivity index is 1.65. The molecule has 0 amide bonds. The van der Waals surface area contributed by atoms with Gasteiger partial charge in [-0.05, 0) is 32.9 Å². The minimum absolute atomic E-state index is 0.00459. The summed E-state index contributed by atoms with van der Waals surface area (Å²) in [7, 11) is 0. The molecule has 130 valence electrons. The van der Waals surface area contributed by atoms with E-state index in [-0.39, 0.29) is 6.61 Å². The summed E-state index contributed by atoms with van der Waals surface area (Å²) in [5.41, 5.74) is 1.26. The maximum Gasteiger partial charge on any atom is 0.339 e. The molecule has 0 fully saturated rings. The number of thioether (sulfide) groups is 1. The van der Waals surface area contributed by atoms with E-state index in [2.05, 4.69) is 15.1 Å². The highest BCUT2D eigenvalue weighted by Gasteiger charge is 2.16. The fourth-order valence-corrected chi connectivity index (χ4v) is 2.98. The van der Waals surface area contributed by atoms with Crippen molar-refractivity contribution in [3.8, 4) is 0 Å². The maximum atomic E-state index is 12.4. The number of carbonyl (C=O) groups is 1. The van der Waals surface area contributed by atoms with Crippen LogP contribution in [0.25, 0.3) is 0 Å². The Morgan fingerprint density at radius 3 is 2.64 bits per heavy atom. The van der Waals surface area contributed by atoms with Crippen LogP contribution in [-0.2, 0) is 17.1 Å². The summed E-state index contributed by atoms with van der Waals surface area (Å²) >= 11 is 1.43. The SMILES string of the molecule is Cc1noc(CSc2ccccc2C(=O)OCc2nc(C)c(C)o2)n1. The summed E-state index contributed by atoms with van der Waals surface area (Å²) in [6.07, 6.45) is 0. The predicted octanol–water partition coefficient (Wildman–Crippen LogP) is 3.63. The van der Waals surface area contributed by atoms with Crippen molar-refractivity contribution in [3.05, 3.63) is 58.9 Å². The van der Waals surface area contributed by atoms with Gasteiger partial charge in [-0.3, -0.25) is 0 Å². The van der Waals surface area contributed by atoms with Crippen LogP contribution in [0.15, 0.2) is 38.1 Å². The predicted molar refractivity (Wildman–Crippen MR) is 90.1 cm³/mol. The van der Waals surface area contributed by atoms with Crippen molar-refractivity contribution in [3.63, 3.8) is 0 Å². The van der Waals surface area contributed by atoms with Crippen molar-refractivity contribution in [2.24, 2.45) is 0 Å². The molecule has 7 nitrogen and oxygen atoms in total. The Hall–Kier alpha value is -2.61. The molecule has 0 saturated carbocycles. The number of rotatable bonds is 6. The molecule has 2 heterocycles. The highest BCUT2D eigenvalue weighted by Crippen LogP contribution is 2.26. The van der Waals surface area contributed by atoms with Crippen LogP contribution in [0.5, 0.6) is 0 Å². The smallest absolute Gasteiger partial charge is 0.339 e. The molecule has 1 aromatic carbocycles. The first-order valence-corrected chi connectivity index (χ1v) is 8.62. The molecule has 0 atom stereocenters. The molecule has 25 heavy (non-hydrogen) atoms. The Morgan fingerprint density at radius 2 is 1.96 bits per heavy atom. The standard InChI is InChI=1S/C17H17N3O4S/c1-10-11(2)23-15(18-10)8-22-17(21)13-6-4-5-7-14(13)25-9-16-19-12(3)20-24-16/h4-7H,8-9H2,1-3H3. The minimum Gasteiger partial charge on any atom is -0.452 e. The summed E-state index contributed by atoms with van der Waals surface area (Å²) in [5, 5.41) is 3.75. The van der Waals surface area contributed by atoms with Gasteiger partial charge in [-0.15, -0.1) is 11.8 Å². The van der Waals surface area contributed by atoms with E-state index in [0.29, 0.717) is 28.9 Å². The summed E-state index contributed by atoms with van der Waals surface area (Å²) < 4.78 is 15.8. The largest absolute Gasteiger partial charge is 0.452 e. The average molecular weight is 359 g/mol. The molecule has 0 saturated heterocycles. The van der Waals surface area contributed by atoms with E-state index in [1.54, 1.807) is 19.1 Å². The third-order valence-electron chi connectivity index (χ3n) is 3.43. The third-order valence-corrected chi connectivity index (χ3v) is 4.49. The first kappa shape index (κ1) is 17.2. The number of aryl methyl sites for hydroxylation is 3. The van der Waals surface area contributed by atoms with E-state index in [9.17, 15) is 4.79 Å². The van der Waals surface area contributed by atoms with Gasteiger partial charge in [-0.25, -0.2) is 9.78 Å². The van der Waals surface area contributed by atoms with Gasteiger partial charge in [0.15, 0.2) is 12.4 Å². The number of carbonyl (C=O) groups excluding carboxylic acids is 1. The quantitative estimate of drug-likeness (QED) is 0.487.